The molecule has 0 bridgehead atoms. The van der Waals surface area contributed by atoms with Gasteiger partial charge in [0.25, 0.3) is 11.8 Å². The molecule has 0 saturated carbocycles. The highest BCUT2D eigenvalue weighted by Crippen LogP contribution is 2.20. The Hall–Kier alpha value is -5.33. The number of benzene rings is 4. The lowest BCUT2D eigenvalue weighted by Crippen LogP contribution is -2.30. The van der Waals surface area contributed by atoms with E-state index in [1.54, 1.807) is 60.7 Å². The van der Waals surface area contributed by atoms with Gasteiger partial charge in [-0.15, -0.1) is 0 Å². The molecule has 5 rings (SSSR count). The van der Waals surface area contributed by atoms with Crippen LogP contribution >= 0.6 is 11.3 Å². The van der Waals surface area contributed by atoms with Crippen molar-refractivity contribution in [2.24, 2.45) is 0 Å². The van der Waals surface area contributed by atoms with Gasteiger partial charge in [0.05, 0.1) is 0 Å². The molecule has 0 atom stereocenters. The van der Waals surface area contributed by atoms with Crippen LogP contribution in [0.4, 0.5) is 5.69 Å². The quantitative estimate of drug-likeness (QED) is 0.145. The van der Waals surface area contributed by atoms with E-state index in [4.69, 9.17) is 0 Å². The van der Waals surface area contributed by atoms with Crippen LogP contribution in [-0.4, -0.2) is 17.6 Å². The van der Waals surface area contributed by atoms with Gasteiger partial charge in [-0.05, 0) is 87.6 Å². The topological polar surface area (TPSA) is 75.3 Å². The highest BCUT2D eigenvalue weighted by atomic mass is 32.1. The minimum absolute atomic E-state index is 0.110. The van der Waals surface area contributed by atoms with Gasteiger partial charge in [-0.2, -0.15) is 11.3 Å². The van der Waals surface area contributed by atoms with Crippen LogP contribution in [0.3, 0.4) is 0 Å². The number of allylic oxidation sites excluding steroid dienone is 1. The van der Waals surface area contributed by atoms with Gasteiger partial charge in [-0.1, -0.05) is 78.9 Å². The number of nitrogens with one attached hydrogen (secondary N) is 2. The summed E-state index contributed by atoms with van der Waals surface area (Å²) in [5.74, 6) is -1.01. The van der Waals surface area contributed by atoms with Crippen LogP contribution < -0.4 is 10.6 Å². The minimum atomic E-state index is -0.474. The van der Waals surface area contributed by atoms with Gasteiger partial charge in [-0.3, -0.25) is 14.4 Å². The summed E-state index contributed by atoms with van der Waals surface area (Å²) in [5, 5.41) is 9.30. The van der Waals surface area contributed by atoms with Crippen molar-refractivity contribution < 1.29 is 14.4 Å². The third-order valence-corrected chi connectivity index (χ3v) is 6.96. The average molecular weight is 555 g/mol. The first kappa shape index (κ1) is 27.2. The first-order chi connectivity index (χ1) is 20.0. The molecule has 1 heterocycles. The number of thiophene rings is 1. The highest BCUT2D eigenvalue weighted by Gasteiger charge is 2.15. The molecule has 1 aromatic heterocycles. The van der Waals surface area contributed by atoms with Crippen molar-refractivity contribution in [3.05, 3.63) is 160 Å². The van der Waals surface area contributed by atoms with Crippen molar-refractivity contribution >= 4 is 46.8 Å². The molecule has 0 unspecified atom stereocenters. The maximum absolute atomic E-state index is 13.1. The van der Waals surface area contributed by atoms with Gasteiger partial charge in [0.1, 0.15) is 5.70 Å². The Bertz CT molecular complexity index is 1690. The third-order valence-electron chi connectivity index (χ3n) is 6.26. The number of anilines is 1. The molecule has 0 aliphatic carbocycles. The van der Waals surface area contributed by atoms with Crippen molar-refractivity contribution in [3.63, 3.8) is 0 Å². The van der Waals surface area contributed by atoms with E-state index in [0.29, 0.717) is 16.8 Å². The van der Waals surface area contributed by atoms with Crippen LogP contribution in [0.1, 0.15) is 31.8 Å². The van der Waals surface area contributed by atoms with Gasteiger partial charge >= 0.3 is 0 Å². The maximum atomic E-state index is 13.1. The lowest BCUT2D eigenvalue weighted by Gasteiger charge is -2.11. The van der Waals surface area contributed by atoms with Crippen LogP contribution in [0, 0.1) is 0 Å². The third kappa shape index (κ3) is 7.41. The van der Waals surface area contributed by atoms with Crippen LogP contribution in [0.5, 0.6) is 0 Å². The first-order valence-corrected chi connectivity index (χ1v) is 13.9. The number of hydrogen-bond acceptors (Lipinski definition) is 4. The molecule has 5 aromatic rings. The Balaban J connectivity index is 1.23. The summed E-state index contributed by atoms with van der Waals surface area (Å²) in [6.07, 6.45) is 4.94. The molecule has 6 heteroatoms. The molecule has 0 aliphatic rings. The number of rotatable bonds is 9. The minimum Gasteiger partial charge on any atom is -0.321 e. The SMILES string of the molecule is O=C(Nc1ccc(C(=O)/C=C/c2ccc(-c3ccccc3)cc2)cc1)/C(=C/c1ccsc1)NC(=O)c1ccccc1. The lowest BCUT2D eigenvalue weighted by atomic mass is 10.0. The fourth-order valence-electron chi connectivity index (χ4n) is 4.07. The zero-order valence-electron chi connectivity index (χ0n) is 22.0. The Morgan fingerprint density at radius 2 is 1.29 bits per heavy atom. The van der Waals surface area contributed by atoms with Crippen molar-refractivity contribution in [2.75, 3.05) is 5.32 Å². The fraction of sp³-hybridized carbons (Fsp3) is 0. The van der Waals surface area contributed by atoms with E-state index < -0.39 is 5.91 Å². The molecule has 4 aromatic carbocycles. The molecule has 0 fully saturated rings. The van der Waals surface area contributed by atoms with Crippen molar-refractivity contribution in [1.29, 1.82) is 0 Å². The van der Waals surface area contributed by atoms with Crippen LogP contribution in [-0.2, 0) is 4.79 Å². The van der Waals surface area contributed by atoms with Gasteiger partial charge in [0.2, 0.25) is 0 Å². The first-order valence-electron chi connectivity index (χ1n) is 12.9. The average Bonchev–Trinajstić information content (AvgIpc) is 3.54. The van der Waals surface area contributed by atoms with E-state index in [1.807, 2.05) is 65.4 Å². The molecule has 41 heavy (non-hydrogen) atoms. The number of ketones is 1. The van der Waals surface area contributed by atoms with Gasteiger partial charge in [-0.25, -0.2) is 0 Å². The van der Waals surface area contributed by atoms with E-state index in [1.165, 1.54) is 17.4 Å². The smallest absolute Gasteiger partial charge is 0.272 e. The summed E-state index contributed by atoms with van der Waals surface area (Å²) in [5.41, 5.74) is 5.51. The standard InChI is InChI=1S/C35H26N2O3S/c38-33(20-13-25-11-14-28(15-12-25)27-7-3-1-4-8-27)29-16-18-31(19-17-29)36-35(40)32(23-26-21-22-41-24-26)37-34(39)30-9-5-2-6-10-30/h1-24H,(H,36,40)(H,37,39)/b20-13+,32-23-. The van der Waals surface area contributed by atoms with Gasteiger partial charge in [0, 0.05) is 16.8 Å². The Kier molecular flexibility index (Phi) is 8.74. The van der Waals surface area contributed by atoms with Crippen LogP contribution in [0.15, 0.2) is 138 Å². The summed E-state index contributed by atoms with van der Waals surface area (Å²) in [6.45, 7) is 0. The van der Waals surface area contributed by atoms with Gasteiger partial charge < -0.3 is 10.6 Å². The van der Waals surface area contributed by atoms with Crippen LogP contribution in [0.2, 0.25) is 0 Å². The second-order valence-corrected chi connectivity index (χ2v) is 9.93. The number of carbonyl (C=O) groups excluding carboxylic acids is 3. The molecular formula is C35H26N2O3S. The van der Waals surface area contributed by atoms with E-state index in [-0.39, 0.29) is 17.4 Å². The van der Waals surface area contributed by atoms with Gasteiger partial charge in [0.15, 0.2) is 5.78 Å². The number of carbonyl (C=O) groups is 3. The monoisotopic (exact) mass is 554 g/mol. The molecule has 2 amide bonds. The summed E-state index contributed by atoms with van der Waals surface area (Å²) >= 11 is 1.49. The molecule has 0 spiro atoms. The van der Waals surface area contributed by atoms with Crippen LogP contribution in [0.25, 0.3) is 23.3 Å². The second kappa shape index (κ2) is 13.2. The normalized spacial score (nSPS) is 11.3. The Labute approximate surface area is 242 Å². The van der Waals surface area contributed by atoms with E-state index >= 15 is 0 Å². The summed E-state index contributed by atoms with van der Waals surface area (Å²) in [4.78, 5) is 38.6. The lowest BCUT2D eigenvalue weighted by molar-refractivity contribution is -0.113. The summed E-state index contributed by atoms with van der Waals surface area (Å²) in [7, 11) is 0. The molecule has 0 aliphatic heterocycles. The maximum Gasteiger partial charge on any atom is 0.272 e. The summed E-state index contributed by atoms with van der Waals surface area (Å²) in [6, 6.07) is 35.3. The molecular weight excluding hydrogens is 528 g/mol. The van der Waals surface area contributed by atoms with E-state index in [9.17, 15) is 14.4 Å². The molecule has 200 valence electrons. The predicted octanol–water partition coefficient (Wildman–Crippen LogP) is 7.72. The molecule has 0 saturated heterocycles. The van der Waals surface area contributed by atoms with Crippen molar-refractivity contribution in [3.8, 4) is 11.1 Å². The fourth-order valence-corrected chi connectivity index (χ4v) is 4.69. The number of amides is 2. The van der Waals surface area contributed by atoms with E-state index in [2.05, 4.69) is 22.8 Å². The molecule has 0 radical (unpaired) electrons. The zero-order chi connectivity index (χ0) is 28.4. The molecule has 5 nitrogen and oxygen atoms in total. The summed E-state index contributed by atoms with van der Waals surface area (Å²) < 4.78 is 0. The van der Waals surface area contributed by atoms with Crippen molar-refractivity contribution in [1.82, 2.24) is 5.32 Å². The Morgan fingerprint density at radius 1 is 0.634 bits per heavy atom. The number of hydrogen-bond donors (Lipinski definition) is 2. The zero-order valence-corrected chi connectivity index (χ0v) is 22.8. The van der Waals surface area contributed by atoms with E-state index in [0.717, 1.165) is 22.3 Å². The molecule has 2 N–H and O–H groups in total. The Morgan fingerprint density at radius 3 is 1.95 bits per heavy atom. The predicted molar refractivity (Wildman–Crippen MR) is 167 cm³/mol. The van der Waals surface area contributed by atoms with Crippen molar-refractivity contribution in [2.45, 2.75) is 0 Å². The second-order valence-electron chi connectivity index (χ2n) is 9.15. The highest BCUT2D eigenvalue weighted by molar-refractivity contribution is 7.08. The largest absolute Gasteiger partial charge is 0.321 e.